The zero-order valence-corrected chi connectivity index (χ0v) is 16.1. The van der Waals surface area contributed by atoms with Gasteiger partial charge in [0.05, 0.1) is 11.6 Å². The molecule has 0 spiro atoms. The van der Waals surface area contributed by atoms with Gasteiger partial charge < -0.3 is 14.8 Å². The van der Waals surface area contributed by atoms with Crippen molar-refractivity contribution in [3.63, 3.8) is 0 Å². The Morgan fingerprint density at radius 1 is 1.19 bits per heavy atom. The number of anilines is 1. The molecule has 0 bridgehead atoms. The highest BCUT2D eigenvalue weighted by Crippen LogP contribution is 2.29. The van der Waals surface area contributed by atoms with Crippen LogP contribution < -0.4 is 5.32 Å². The lowest BCUT2D eigenvalue weighted by Crippen LogP contribution is -2.13. The van der Waals surface area contributed by atoms with E-state index >= 15 is 0 Å². The summed E-state index contributed by atoms with van der Waals surface area (Å²) in [6.45, 7) is 5.32. The Kier molecular flexibility index (Phi) is 5.41. The van der Waals surface area contributed by atoms with Gasteiger partial charge in [0.2, 0.25) is 0 Å². The number of carboxylic acid groups (broad SMARTS) is 1. The fourth-order valence-corrected chi connectivity index (χ4v) is 3.54. The molecule has 2 aromatic heterocycles. The highest BCUT2D eigenvalue weighted by Gasteiger charge is 2.18. The average Bonchev–Trinajstić information content (AvgIpc) is 3.22. The molecule has 2 N–H and O–H groups in total. The number of rotatable bonds is 6. The second-order valence-electron chi connectivity index (χ2n) is 6.44. The molecule has 1 atom stereocenters. The first-order valence-electron chi connectivity index (χ1n) is 8.51. The number of amides is 1. The van der Waals surface area contributed by atoms with E-state index < -0.39 is 11.9 Å². The van der Waals surface area contributed by atoms with Gasteiger partial charge in [-0.3, -0.25) is 9.59 Å². The number of furan rings is 1. The number of hydrogen-bond acceptors (Lipinski definition) is 5. The van der Waals surface area contributed by atoms with Crippen molar-refractivity contribution in [1.29, 1.82) is 0 Å². The number of aliphatic carboxylic acids is 1. The van der Waals surface area contributed by atoms with Crippen LogP contribution in [0.1, 0.15) is 33.6 Å². The second-order valence-corrected chi connectivity index (χ2v) is 7.44. The Hall–Kier alpha value is -2.93. The molecule has 0 aliphatic rings. The lowest BCUT2D eigenvalue weighted by atomic mass is 10.0. The van der Waals surface area contributed by atoms with Crippen LogP contribution in [0.25, 0.3) is 10.8 Å². The van der Waals surface area contributed by atoms with E-state index in [2.05, 4.69) is 10.3 Å². The molecule has 6 nitrogen and oxygen atoms in total. The summed E-state index contributed by atoms with van der Waals surface area (Å²) >= 11 is 1.29. The Labute approximate surface area is 160 Å². The molecule has 0 fully saturated rings. The predicted octanol–water partition coefficient (Wildman–Crippen LogP) is 4.54. The molecule has 1 aromatic carbocycles. The summed E-state index contributed by atoms with van der Waals surface area (Å²) in [7, 11) is 0. The Bertz CT molecular complexity index is 972. The highest BCUT2D eigenvalue weighted by molar-refractivity contribution is 7.17. The molecule has 27 heavy (non-hydrogen) atoms. The first-order chi connectivity index (χ1) is 12.8. The highest BCUT2D eigenvalue weighted by atomic mass is 32.1. The monoisotopic (exact) mass is 384 g/mol. The van der Waals surface area contributed by atoms with E-state index in [4.69, 9.17) is 9.52 Å². The van der Waals surface area contributed by atoms with Crippen LogP contribution >= 0.6 is 11.3 Å². The maximum atomic E-state index is 12.6. The number of carbonyl (C=O) groups excluding carboxylic acids is 1. The van der Waals surface area contributed by atoms with Gasteiger partial charge >= 0.3 is 5.97 Å². The minimum absolute atomic E-state index is 0.230. The molecule has 7 heteroatoms. The normalized spacial score (nSPS) is 12.0. The van der Waals surface area contributed by atoms with Crippen molar-refractivity contribution in [1.82, 2.24) is 4.98 Å². The number of nitrogens with one attached hydrogen (secondary N) is 1. The van der Waals surface area contributed by atoms with Gasteiger partial charge in [0.1, 0.15) is 10.6 Å². The van der Waals surface area contributed by atoms with Gasteiger partial charge in [0.25, 0.3) is 5.91 Å². The molecule has 1 unspecified atom stereocenters. The van der Waals surface area contributed by atoms with Crippen molar-refractivity contribution >= 4 is 28.9 Å². The van der Waals surface area contributed by atoms with Crippen LogP contribution in [0.4, 0.5) is 5.69 Å². The number of carboxylic acids is 1. The van der Waals surface area contributed by atoms with Crippen molar-refractivity contribution in [2.75, 3.05) is 5.32 Å². The van der Waals surface area contributed by atoms with Gasteiger partial charge in [-0.15, -0.1) is 11.3 Å². The summed E-state index contributed by atoms with van der Waals surface area (Å²) in [4.78, 5) is 28.5. The summed E-state index contributed by atoms with van der Waals surface area (Å²) < 4.78 is 5.57. The molecule has 3 rings (SSSR count). The molecule has 1 amide bonds. The molecular formula is C20H20N2O4S. The Morgan fingerprint density at radius 3 is 2.48 bits per heavy atom. The molecule has 2 heterocycles. The minimum Gasteiger partial charge on any atom is -0.481 e. The number of carbonyl (C=O) groups is 2. The zero-order chi connectivity index (χ0) is 19.6. The van der Waals surface area contributed by atoms with Crippen LogP contribution in [0.3, 0.4) is 0 Å². The van der Waals surface area contributed by atoms with Gasteiger partial charge in [0, 0.05) is 5.69 Å². The van der Waals surface area contributed by atoms with E-state index in [1.165, 1.54) is 11.3 Å². The smallest absolute Gasteiger partial charge is 0.306 e. The average molecular weight is 384 g/mol. The van der Waals surface area contributed by atoms with E-state index in [0.717, 1.165) is 11.3 Å². The van der Waals surface area contributed by atoms with Crippen molar-refractivity contribution in [2.24, 2.45) is 5.92 Å². The predicted molar refractivity (Wildman–Crippen MR) is 104 cm³/mol. The van der Waals surface area contributed by atoms with Crippen LogP contribution in [-0.2, 0) is 11.2 Å². The molecule has 0 radical (unpaired) electrons. The fourth-order valence-electron chi connectivity index (χ4n) is 2.61. The molecule has 3 aromatic rings. The van der Waals surface area contributed by atoms with Crippen LogP contribution in [0, 0.1) is 19.8 Å². The fraction of sp³-hybridized carbons (Fsp3) is 0.250. The number of nitrogens with zero attached hydrogens (tertiary/aromatic N) is 1. The molecule has 140 valence electrons. The number of aromatic nitrogens is 1. The van der Waals surface area contributed by atoms with Crippen LogP contribution in [0.15, 0.2) is 40.8 Å². The third kappa shape index (κ3) is 4.43. The Balaban J connectivity index is 1.70. The topological polar surface area (TPSA) is 92.4 Å². The van der Waals surface area contributed by atoms with Crippen molar-refractivity contribution in [3.8, 4) is 10.8 Å². The quantitative estimate of drug-likeness (QED) is 0.651. The standard InChI is InChI=1S/C20H20N2O4S/c1-11(20(24)25)10-14-5-7-15(8-6-14)22-18(23)17-13(3)21-19(27-17)16-9-4-12(2)26-16/h4-9,11H,10H2,1-3H3,(H,22,23)(H,24,25). The number of aryl methyl sites for hydroxylation is 2. The van der Waals surface area contributed by atoms with E-state index in [9.17, 15) is 9.59 Å². The summed E-state index contributed by atoms with van der Waals surface area (Å²) in [6, 6.07) is 10.9. The molecule has 0 saturated carbocycles. The first-order valence-corrected chi connectivity index (χ1v) is 9.32. The third-order valence-corrected chi connectivity index (χ3v) is 5.30. The van der Waals surface area contributed by atoms with Crippen LogP contribution in [0.2, 0.25) is 0 Å². The van der Waals surface area contributed by atoms with Crippen molar-refractivity contribution < 1.29 is 19.1 Å². The van der Waals surface area contributed by atoms with Crippen molar-refractivity contribution in [3.05, 3.63) is 58.3 Å². The molecule has 0 aliphatic carbocycles. The second kappa shape index (κ2) is 7.75. The molecule has 0 saturated heterocycles. The van der Waals surface area contributed by atoms with Gasteiger partial charge in [-0.25, -0.2) is 4.98 Å². The largest absolute Gasteiger partial charge is 0.481 e. The van der Waals surface area contributed by atoms with E-state index in [1.807, 2.05) is 31.2 Å². The van der Waals surface area contributed by atoms with Crippen LogP contribution in [0.5, 0.6) is 0 Å². The van der Waals surface area contributed by atoms with Gasteiger partial charge in [-0.05, 0) is 50.1 Å². The Morgan fingerprint density at radius 2 is 1.89 bits per heavy atom. The molecule has 0 aliphatic heterocycles. The van der Waals surface area contributed by atoms with Crippen molar-refractivity contribution in [2.45, 2.75) is 27.2 Å². The van der Waals surface area contributed by atoms with Gasteiger partial charge in [-0.1, -0.05) is 19.1 Å². The SMILES string of the molecule is Cc1ccc(-c2nc(C)c(C(=O)Nc3ccc(CC(C)C(=O)O)cc3)s2)o1. The maximum absolute atomic E-state index is 12.6. The summed E-state index contributed by atoms with van der Waals surface area (Å²) in [6.07, 6.45) is 0.448. The lowest BCUT2D eigenvalue weighted by molar-refractivity contribution is -0.141. The minimum atomic E-state index is -0.824. The summed E-state index contributed by atoms with van der Waals surface area (Å²) in [5.74, 6) is -0.0616. The first kappa shape index (κ1) is 18.8. The molecular weight excluding hydrogens is 364 g/mol. The summed E-state index contributed by atoms with van der Waals surface area (Å²) in [5, 5.41) is 12.5. The summed E-state index contributed by atoms with van der Waals surface area (Å²) in [5.41, 5.74) is 2.20. The number of thiazole rings is 1. The van der Waals surface area contributed by atoms with Crippen LogP contribution in [-0.4, -0.2) is 22.0 Å². The van der Waals surface area contributed by atoms with E-state index in [1.54, 1.807) is 26.0 Å². The third-order valence-electron chi connectivity index (χ3n) is 4.13. The van der Waals surface area contributed by atoms with E-state index in [0.29, 0.717) is 33.4 Å². The van der Waals surface area contributed by atoms with E-state index in [-0.39, 0.29) is 5.91 Å². The van der Waals surface area contributed by atoms with Gasteiger partial charge in [0.15, 0.2) is 10.8 Å². The maximum Gasteiger partial charge on any atom is 0.306 e. The zero-order valence-electron chi connectivity index (χ0n) is 15.3. The number of benzene rings is 1. The van der Waals surface area contributed by atoms with Gasteiger partial charge in [-0.2, -0.15) is 0 Å². The lowest BCUT2D eigenvalue weighted by Gasteiger charge is -2.08. The number of hydrogen-bond donors (Lipinski definition) is 2.